The number of nitrogens with zero attached hydrogens (tertiary/aromatic N) is 3. The number of hydrogen-bond acceptors (Lipinski definition) is 20. The molecule has 11 N–H and O–H groups in total. The molecule has 15 atom stereocenters. The Bertz CT molecular complexity index is 4840. The largest absolute Gasteiger partial charge is 0.459 e. The minimum absolute atomic E-state index is 0.0242. The van der Waals surface area contributed by atoms with E-state index in [-0.39, 0.29) is 128 Å². The standard InChI is InChI=1S/C36H54N6O6.C35H54N4O8.C31H40Cl2N4O6/c1-10-11-17-24(28(44)31(46)37-19-18-25(43)38-20-22-15-13-12-14-16-22)39-30(45)27-26-23(36(26,8)9)21-42(27)32(47)29(34(2,3)4)40-33(48)41-35(5,6)7;1-8-9-15-23(28(41)30(43)36-19-16-24(40)46-35(7)17-18-35)37-29(42)27-25-22(34(25,5)6)20-39(27)31(44)26(21-13-11-10-12-14-21)38-32(45)47-33(2,3)4;1-6-10-21(25(38)27(40)34-13-7-2)35-26(39)24-22-20(31(22,32)33)16-37(24)28(41)23(36-29(42)43-30(3,4)5)19-14-17-11-8-9-12-18(17)15-19/h10,12-16,23-24,26-27,29H,1,11,17-21H2,2-9H3,(H,37,46)(H,38,43)(H,39,45)(H2,40,41,48);8,21-23,25-27H,1,9-20H2,2-7H3,(H,36,43)(H,37,42)(H,38,45);7-9,11-12,19-24H,2,6,10,13-16H2,1,3-5H3,(H,34,40)(H,35,39)(H,36,42)/t23-,24?,26-,27-,29+;22-,23?,25-,26-,27-;20-,21?,22-,23-,24-/m000/s1. The third-order valence-corrected chi connectivity index (χ3v) is 28.7. The second-order valence-corrected chi connectivity index (χ2v) is 45.2. The van der Waals surface area contributed by atoms with Gasteiger partial charge in [0.05, 0.1) is 24.5 Å². The van der Waals surface area contributed by atoms with Gasteiger partial charge in [0.2, 0.25) is 58.7 Å². The molecular formula is C102H148Cl2N14O20. The molecule has 14 amide bonds. The maximum Gasteiger partial charge on any atom is 0.408 e. The number of esters is 1. The van der Waals surface area contributed by atoms with Gasteiger partial charge in [0.15, 0.2) is 0 Å². The molecule has 0 spiro atoms. The molecule has 0 bridgehead atoms. The number of benzene rings is 2. The summed E-state index contributed by atoms with van der Waals surface area (Å²) in [4.78, 5) is 230. The average molecular weight is 1960 g/mol. The molecule has 138 heavy (non-hydrogen) atoms. The van der Waals surface area contributed by atoms with Crippen LogP contribution in [0.1, 0.15) is 238 Å². The Hall–Kier alpha value is -10.8. The van der Waals surface area contributed by atoms with Crippen molar-refractivity contribution in [3.63, 3.8) is 0 Å². The van der Waals surface area contributed by atoms with Crippen LogP contribution in [0.25, 0.3) is 0 Å². The molecule has 11 rings (SSSR count). The Balaban J connectivity index is 0.000000232. The minimum atomic E-state index is -1.22. The number of alkyl halides is 2. The summed E-state index contributed by atoms with van der Waals surface area (Å²) in [6.45, 7) is 45.4. The quantitative estimate of drug-likeness (QED) is 0.00975. The maximum absolute atomic E-state index is 14.3. The monoisotopic (exact) mass is 1960 g/mol. The molecule has 3 heterocycles. The number of carbonyl (C=O) groups excluding carboxylic acids is 17. The fourth-order valence-electron chi connectivity index (χ4n) is 19.8. The first-order chi connectivity index (χ1) is 64.4. The lowest BCUT2D eigenvalue weighted by Crippen LogP contribution is -2.62. The number of allylic oxidation sites excluding steroid dienone is 2. The number of rotatable bonds is 39. The van der Waals surface area contributed by atoms with Gasteiger partial charge < -0.3 is 87.4 Å². The van der Waals surface area contributed by atoms with Crippen molar-refractivity contribution in [2.24, 2.45) is 63.6 Å². The fraction of sp³-hybridized carbons (Fsp3) is 0.657. The molecule has 6 aliphatic carbocycles. The lowest BCUT2D eigenvalue weighted by Gasteiger charge is -2.38. The van der Waals surface area contributed by atoms with Gasteiger partial charge >= 0.3 is 24.2 Å². The number of likely N-dealkylation sites (tertiary alicyclic amines) is 3. The van der Waals surface area contributed by atoms with E-state index in [1.807, 2.05) is 124 Å². The number of halogens is 2. The fourth-order valence-corrected chi connectivity index (χ4v) is 20.6. The number of Topliss-reactive ketones (excluding diaryl/α,β-unsaturated/α-hetero) is 3. The van der Waals surface area contributed by atoms with E-state index < -0.39 is 175 Å². The lowest BCUT2D eigenvalue weighted by atomic mass is 9.83. The number of nitrogens with one attached hydrogen (secondary N) is 11. The summed E-state index contributed by atoms with van der Waals surface area (Å²) in [5.74, 6) is -10.1. The van der Waals surface area contributed by atoms with E-state index >= 15 is 0 Å². The average Bonchev–Trinajstić information content (AvgIpc) is 1.53. The molecule has 3 aliphatic heterocycles. The number of ether oxygens (including phenoxy) is 3. The highest BCUT2D eigenvalue weighted by atomic mass is 35.5. The van der Waals surface area contributed by atoms with Crippen molar-refractivity contribution in [3.05, 3.63) is 109 Å². The number of hydrogen-bond donors (Lipinski definition) is 11. The van der Waals surface area contributed by atoms with Crippen LogP contribution in [0.2, 0.25) is 0 Å². The van der Waals surface area contributed by atoms with Gasteiger partial charge in [0.1, 0.15) is 57.4 Å². The molecule has 3 saturated heterocycles. The zero-order valence-corrected chi connectivity index (χ0v) is 85.1. The summed E-state index contributed by atoms with van der Waals surface area (Å²) >= 11 is 13.1. The van der Waals surface area contributed by atoms with Gasteiger partial charge in [-0.05, 0) is 208 Å². The first-order valence-corrected chi connectivity index (χ1v) is 49.4. The SMILES string of the molecule is C=CCCC(NC(=O)[C@@H]1[C@@H]2[C@H](CN1C(=O)[C@@H](NC(=O)NC(C)(C)C)C(C)(C)C)C2(C)C)C(=O)C(=O)NCCC(=O)NCc1ccccc1.C=CCCC(NC(=O)[C@@H]1[C@@H]2[C@H](CN1C(=O)[C@@H](NC(=O)OC(C)(C)C)C1CCCCC1)C2(C)C)C(=O)C(=O)NCCC(=O)OC1(C)CC1.C=CCNC(=O)C(=O)C(CCC)NC(=O)[C@@H]1[C@@H]2[C@H](CN1C(=O)[C@@H](NC(=O)OC(C)(C)C)C1Cc3ccccc3C1)C2(Cl)Cl. The summed E-state index contributed by atoms with van der Waals surface area (Å²) in [5.41, 5.74) is -0.437. The van der Waals surface area contributed by atoms with Gasteiger partial charge in [-0.1, -0.05) is 154 Å². The first kappa shape index (κ1) is 111. The minimum Gasteiger partial charge on any atom is -0.459 e. The van der Waals surface area contributed by atoms with E-state index in [9.17, 15) is 81.5 Å². The highest BCUT2D eigenvalue weighted by molar-refractivity contribution is 6.51. The third-order valence-electron chi connectivity index (χ3n) is 27.6. The van der Waals surface area contributed by atoms with Crippen LogP contribution in [0.5, 0.6) is 0 Å². The summed E-state index contributed by atoms with van der Waals surface area (Å²) < 4.78 is 15.1. The van der Waals surface area contributed by atoms with Crippen molar-refractivity contribution in [1.29, 1.82) is 0 Å². The van der Waals surface area contributed by atoms with Gasteiger partial charge in [0.25, 0.3) is 17.7 Å². The van der Waals surface area contributed by atoms with Crippen LogP contribution in [0.3, 0.4) is 0 Å². The predicted octanol–water partition coefficient (Wildman–Crippen LogP) is 9.47. The van der Waals surface area contributed by atoms with Crippen molar-refractivity contribution in [1.82, 2.24) is 73.2 Å². The number of amides is 14. The van der Waals surface area contributed by atoms with Gasteiger partial charge in [-0.15, -0.1) is 42.9 Å². The Morgan fingerprint density at radius 1 is 0.486 bits per heavy atom. The number of carbonyl (C=O) groups is 17. The summed E-state index contributed by atoms with van der Waals surface area (Å²) in [6, 6.07) is 7.74. The van der Waals surface area contributed by atoms with Crippen LogP contribution in [0.15, 0.2) is 92.6 Å². The van der Waals surface area contributed by atoms with Crippen LogP contribution in [-0.4, -0.2) is 236 Å². The van der Waals surface area contributed by atoms with Crippen molar-refractivity contribution in [2.75, 3.05) is 39.3 Å². The Morgan fingerprint density at radius 3 is 1.33 bits per heavy atom. The van der Waals surface area contributed by atoms with E-state index in [0.717, 1.165) is 61.6 Å². The van der Waals surface area contributed by atoms with Crippen LogP contribution >= 0.6 is 23.2 Å². The molecule has 8 fully saturated rings. The molecule has 34 nitrogen and oxygen atoms in total. The summed E-state index contributed by atoms with van der Waals surface area (Å²) in [5, 5.41) is 29.7. The molecule has 5 saturated carbocycles. The molecule has 0 aromatic heterocycles. The van der Waals surface area contributed by atoms with Gasteiger partial charge in [-0.3, -0.25) is 67.1 Å². The highest BCUT2D eigenvalue weighted by Crippen LogP contribution is 2.67. The second-order valence-electron chi connectivity index (χ2n) is 43.7. The molecule has 2 aromatic carbocycles. The number of fused-ring (bicyclic) bond motifs is 4. The molecule has 760 valence electrons. The molecule has 0 radical (unpaired) electrons. The van der Waals surface area contributed by atoms with Crippen molar-refractivity contribution >= 4 is 124 Å². The molecule has 3 unspecified atom stereocenters. The maximum atomic E-state index is 14.3. The lowest BCUT2D eigenvalue weighted by molar-refractivity contribution is -0.150. The van der Waals surface area contributed by atoms with Gasteiger partial charge in [-0.2, -0.15) is 0 Å². The molecule has 36 heteroatoms. The summed E-state index contributed by atoms with van der Waals surface area (Å²) in [6.07, 6.45) is 12.1. The van der Waals surface area contributed by atoms with E-state index in [1.165, 1.54) is 15.9 Å². The van der Waals surface area contributed by atoms with Crippen LogP contribution in [-0.2, 0) is 101 Å². The highest BCUT2D eigenvalue weighted by Gasteiger charge is 2.75. The Morgan fingerprint density at radius 2 is 0.906 bits per heavy atom. The normalized spacial score (nSPS) is 23.1. The van der Waals surface area contributed by atoms with Crippen molar-refractivity contribution in [2.45, 2.75) is 321 Å². The smallest absolute Gasteiger partial charge is 0.408 e. The zero-order chi connectivity index (χ0) is 102. The molecular weight excluding hydrogens is 1810 g/mol. The third kappa shape index (κ3) is 29.2. The van der Waals surface area contributed by atoms with Gasteiger partial charge in [-0.25, -0.2) is 14.4 Å². The van der Waals surface area contributed by atoms with E-state index in [2.05, 4.69) is 92.1 Å². The van der Waals surface area contributed by atoms with E-state index in [1.54, 1.807) is 58.6 Å². The predicted molar refractivity (Wildman–Crippen MR) is 519 cm³/mol. The molecule has 2 aromatic rings. The van der Waals surface area contributed by atoms with E-state index in [4.69, 9.17) is 37.4 Å². The molecule has 9 aliphatic rings. The Kier molecular flexibility index (Phi) is 37.0. The van der Waals surface area contributed by atoms with Crippen LogP contribution in [0.4, 0.5) is 14.4 Å². The zero-order valence-electron chi connectivity index (χ0n) is 83.6. The van der Waals surface area contributed by atoms with Crippen LogP contribution in [0, 0.1) is 63.6 Å². The Labute approximate surface area is 821 Å². The van der Waals surface area contributed by atoms with Gasteiger partial charge in [0, 0.05) is 69.6 Å². The van der Waals surface area contributed by atoms with Crippen molar-refractivity contribution < 1.29 is 95.7 Å². The second kappa shape index (κ2) is 46.1. The van der Waals surface area contributed by atoms with Crippen molar-refractivity contribution in [3.8, 4) is 0 Å². The summed E-state index contributed by atoms with van der Waals surface area (Å²) in [7, 11) is 0. The number of urea groups is 1. The number of ketones is 3. The number of piperidine rings is 3. The van der Waals surface area contributed by atoms with E-state index in [0.29, 0.717) is 51.7 Å². The first-order valence-electron chi connectivity index (χ1n) is 48.6. The topological polar surface area (TPSA) is 460 Å². The number of alkyl carbamates (subject to hydrolysis) is 2. The van der Waals surface area contributed by atoms with Crippen LogP contribution < -0.4 is 58.5 Å².